The number of benzene rings is 2. The van der Waals surface area contributed by atoms with Crippen molar-refractivity contribution < 1.29 is 40.6 Å². The molecule has 0 saturated heterocycles. The Kier molecular flexibility index (Phi) is 7.74. The molecule has 2 aromatic rings. The lowest BCUT2D eigenvalue weighted by Gasteiger charge is -2.29. The number of alkyl halides is 6. The van der Waals surface area contributed by atoms with Crippen molar-refractivity contribution in [1.29, 1.82) is 0 Å². The molecule has 1 fully saturated rings. The van der Waals surface area contributed by atoms with Crippen molar-refractivity contribution in [3.05, 3.63) is 64.5 Å². The Morgan fingerprint density at radius 2 is 1.53 bits per heavy atom. The molecule has 0 unspecified atom stereocenters. The van der Waals surface area contributed by atoms with Crippen molar-refractivity contribution in [1.82, 2.24) is 10.6 Å². The van der Waals surface area contributed by atoms with Gasteiger partial charge in [0, 0.05) is 30.3 Å². The summed E-state index contributed by atoms with van der Waals surface area (Å²) < 4.78 is 91.7. The highest BCUT2D eigenvalue weighted by Gasteiger charge is 2.37. The van der Waals surface area contributed by atoms with Crippen molar-refractivity contribution in [2.24, 2.45) is 5.92 Å². The molecule has 34 heavy (non-hydrogen) atoms. The van der Waals surface area contributed by atoms with E-state index in [0.29, 0.717) is 37.8 Å². The molecule has 0 atom stereocenters. The molecular weight excluding hydrogens is 469 g/mol. The topological polar surface area (TPSA) is 61.4 Å². The second-order valence-corrected chi connectivity index (χ2v) is 8.34. The molecule has 0 aromatic heterocycles. The van der Waals surface area contributed by atoms with Crippen molar-refractivity contribution >= 4 is 5.91 Å². The van der Waals surface area contributed by atoms with Crippen LogP contribution >= 0.6 is 0 Å². The van der Waals surface area contributed by atoms with Crippen LogP contribution in [0.5, 0.6) is 5.75 Å². The second-order valence-electron chi connectivity index (χ2n) is 8.34. The Morgan fingerprint density at radius 3 is 2.06 bits per heavy atom. The van der Waals surface area contributed by atoms with Gasteiger partial charge in [-0.25, -0.2) is 4.39 Å². The zero-order chi connectivity index (χ0) is 25.1. The van der Waals surface area contributed by atoms with E-state index in [1.807, 2.05) is 0 Å². The third kappa shape index (κ3) is 6.62. The SMILES string of the molecule is O=C(NC[C@H]1CC[C@H](NCc2c(O)cccc2F)CC1)c1cc(C(F)(F)F)cc(C(F)(F)F)c1. The van der Waals surface area contributed by atoms with Gasteiger partial charge in [0.05, 0.1) is 11.1 Å². The summed E-state index contributed by atoms with van der Waals surface area (Å²) in [5, 5.41) is 15.4. The van der Waals surface area contributed by atoms with Crippen LogP contribution in [0.3, 0.4) is 0 Å². The second kappa shape index (κ2) is 10.2. The summed E-state index contributed by atoms with van der Waals surface area (Å²) in [6.07, 6.45) is -7.40. The maximum Gasteiger partial charge on any atom is 0.416 e. The monoisotopic (exact) mass is 492 g/mol. The molecule has 1 amide bonds. The van der Waals surface area contributed by atoms with Gasteiger partial charge in [-0.2, -0.15) is 26.3 Å². The summed E-state index contributed by atoms with van der Waals surface area (Å²) >= 11 is 0. The van der Waals surface area contributed by atoms with Gasteiger partial charge in [-0.15, -0.1) is 0 Å². The first kappa shape index (κ1) is 25.8. The molecule has 0 heterocycles. The van der Waals surface area contributed by atoms with Crippen LogP contribution in [0.4, 0.5) is 30.7 Å². The summed E-state index contributed by atoms with van der Waals surface area (Å²) in [6.45, 7) is 0.249. The lowest BCUT2D eigenvalue weighted by Crippen LogP contribution is -2.37. The Hall–Kier alpha value is -2.82. The van der Waals surface area contributed by atoms with Crippen molar-refractivity contribution in [2.45, 2.75) is 50.6 Å². The van der Waals surface area contributed by atoms with Crippen LogP contribution in [-0.2, 0) is 18.9 Å². The average Bonchev–Trinajstić information content (AvgIpc) is 2.76. The van der Waals surface area contributed by atoms with Crippen molar-refractivity contribution in [3.8, 4) is 5.75 Å². The summed E-state index contributed by atoms with van der Waals surface area (Å²) in [5.74, 6) is -1.68. The third-order valence-corrected chi connectivity index (χ3v) is 5.91. The Labute approximate surface area is 191 Å². The van der Waals surface area contributed by atoms with E-state index in [2.05, 4.69) is 10.6 Å². The third-order valence-electron chi connectivity index (χ3n) is 5.91. The molecule has 0 spiro atoms. The number of phenolic OH excluding ortho intramolecular Hbond substituents is 1. The van der Waals surface area contributed by atoms with Crippen molar-refractivity contribution in [2.75, 3.05) is 6.54 Å². The molecule has 4 nitrogen and oxygen atoms in total. The molecule has 0 radical (unpaired) electrons. The van der Waals surface area contributed by atoms with Crippen LogP contribution in [0.1, 0.15) is 52.7 Å². The van der Waals surface area contributed by atoms with E-state index in [-0.39, 0.29) is 42.4 Å². The highest BCUT2D eigenvalue weighted by atomic mass is 19.4. The molecule has 1 aliphatic rings. The van der Waals surface area contributed by atoms with Gasteiger partial charge in [0.1, 0.15) is 11.6 Å². The fourth-order valence-electron chi connectivity index (χ4n) is 3.96. The summed E-state index contributed by atoms with van der Waals surface area (Å²) in [4.78, 5) is 12.3. The first-order valence-electron chi connectivity index (χ1n) is 10.6. The maximum atomic E-state index is 13.8. The molecular formula is C23H23F7N2O2. The zero-order valence-electron chi connectivity index (χ0n) is 17.9. The number of carbonyl (C=O) groups excluding carboxylic acids is 1. The lowest BCUT2D eigenvalue weighted by molar-refractivity contribution is -0.143. The molecule has 3 N–H and O–H groups in total. The van der Waals surface area contributed by atoms with Gasteiger partial charge >= 0.3 is 12.4 Å². The molecule has 0 bridgehead atoms. The number of halogens is 7. The first-order valence-corrected chi connectivity index (χ1v) is 10.6. The molecule has 1 saturated carbocycles. The number of hydrogen-bond donors (Lipinski definition) is 3. The molecule has 3 rings (SSSR count). The van der Waals surface area contributed by atoms with E-state index in [0.717, 1.165) is 0 Å². The van der Waals surface area contributed by atoms with E-state index in [4.69, 9.17) is 0 Å². The quantitative estimate of drug-likeness (QED) is 0.457. The predicted molar refractivity (Wildman–Crippen MR) is 109 cm³/mol. The number of hydrogen-bond acceptors (Lipinski definition) is 3. The number of amides is 1. The average molecular weight is 492 g/mol. The number of phenols is 1. The summed E-state index contributed by atoms with van der Waals surface area (Å²) in [7, 11) is 0. The summed E-state index contributed by atoms with van der Waals surface area (Å²) in [5.41, 5.74) is -3.63. The number of carbonyl (C=O) groups is 1. The molecule has 186 valence electrons. The van der Waals surface area contributed by atoms with Crippen molar-refractivity contribution in [3.63, 3.8) is 0 Å². The smallest absolute Gasteiger partial charge is 0.416 e. The maximum absolute atomic E-state index is 13.8. The van der Waals surface area contributed by atoms with Gasteiger partial charge in [0.15, 0.2) is 0 Å². The van der Waals surface area contributed by atoms with Crippen LogP contribution in [0, 0.1) is 11.7 Å². The Morgan fingerprint density at radius 1 is 0.941 bits per heavy atom. The first-order chi connectivity index (χ1) is 15.8. The summed E-state index contributed by atoms with van der Waals surface area (Å²) in [6, 6.07) is 4.87. The van der Waals surface area contributed by atoms with Gasteiger partial charge in [-0.3, -0.25) is 4.79 Å². The van der Waals surface area contributed by atoms with Crippen LogP contribution in [0.15, 0.2) is 36.4 Å². The highest BCUT2D eigenvalue weighted by molar-refractivity contribution is 5.94. The van der Waals surface area contributed by atoms with Crippen LogP contribution < -0.4 is 10.6 Å². The lowest BCUT2D eigenvalue weighted by atomic mass is 9.86. The zero-order valence-corrected chi connectivity index (χ0v) is 17.9. The van der Waals surface area contributed by atoms with Gasteiger partial charge < -0.3 is 15.7 Å². The standard InChI is InChI=1S/C23H23F7N2O2/c24-19-2-1-3-20(33)18(19)12-31-17-6-4-13(5-7-17)11-32-21(34)14-8-15(22(25,26)27)10-16(9-14)23(28,29)30/h1-3,8-10,13,17,31,33H,4-7,11-12H2,(H,32,34)/t13-,17-. The van der Waals surface area contributed by atoms with Crippen LogP contribution in [0.25, 0.3) is 0 Å². The number of rotatable bonds is 6. The van der Waals surface area contributed by atoms with E-state index in [1.54, 1.807) is 0 Å². The fraction of sp³-hybridized carbons (Fsp3) is 0.435. The molecule has 1 aliphatic carbocycles. The van der Waals surface area contributed by atoms with Crippen LogP contribution in [-0.4, -0.2) is 23.6 Å². The number of aromatic hydroxyl groups is 1. The molecule has 0 aliphatic heterocycles. The van der Waals surface area contributed by atoms with Gasteiger partial charge in [0.2, 0.25) is 0 Å². The largest absolute Gasteiger partial charge is 0.508 e. The van der Waals surface area contributed by atoms with Crippen LogP contribution in [0.2, 0.25) is 0 Å². The van der Waals surface area contributed by atoms with Gasteiger partial charge in [-0.1, -0.05) is 6.07 Å². The van der Waals surface area contributed by atoms with E-state index in [9.17, 15) is 40.6 Å². The molecule has 11 heteroatoms. The van der Waals surface area contributed by atoms with Gasteiger partial charge in [0.25, 0.3) is 5.91 Å². The highest BCUT2D eigenvalue weighted by Crippen LogP contribution is 2.36. The fourth-order valence-corrected chi connectivity index (χ4v) is 3.96. The van der Waals surface area contributed by atoms with E-state index >= 15 is 0 Å². The predicted octanol–water partition coefficient (Wildman–Crippen LogP) is 5.65. The Balaban J connectivity index is 1.53. The minimum atomic E-state index is -5.03. The molecule has 2 aromatic carbocycles. The normalized spacial score (nSPS) is 19.1. The van der Waals surface area contributed by atoms with E-state index in [1.165, 1.54) is 18.2 Å². The Bertz CT molecular complexity index is 961. The number of nitrogens with one attached hydrogen (secondary N) is 2. The minimum Gasteiger partial charge on any atom is -0.508 e. The minimum absolute atomic E-state index is 0.00301. The van der Waals surface area contributed by atoms with E-state index < -0.39 is 40.8 Å². The van der Waals surface area contributed by atoms with Gasteiger partial charge in [-0.05, 0) is 61.9 Å².